The maximum absolute atomic E-state index is 12.4. The van der Waals surface area contributed by atoms with Crippen molar-refractivity contribution in [2.24, 2.45) is 5.73 Å². The van der Waals surface area contributed by atoms with Crippen molar-refractivity contribution in [1.29, 1.82) is 0 Å². The molecule has 2 N–H and O–H groups in total. The van der Waals surface area contributed by atoms with E-state index in [-0.39, 0.29) is 5.91 Å². The number of carbonyl (C=O) groups excluding carboxylic acids is 1. The van der Waals surface area contributed by atoms with Gasteiger partial charge in [-0.25, -0.2) is 0 Å². The van der Waals surface area contributed by atoms with Gasteiger partial charge in [0.15, 0.2) is 0 Å². The Labute approximate surface area is 118 Å². The van der Waals surface area contributed by atoms with Crippen molar-refractivity contribution in [3.63, 3.8) is 0 Å². The molecule has 0 aliphatic heterocycles. The van der Waals surface area contributed by atoms with Crippen LogP contribution in [-0.4, -0.2) is 36.6 Å². The van der Waals surface area contributed by atoms with E-state index in [0.29, 0.717) is 25.6 Å². The molecule has 0 saturated heterocycles. The molecule has 1 heterocycles. The molecule has 1 aliphatic carbocycles. The lowest BCUT2D eigenvalue weighted by atomic mass is 10.1. The van der Waals surface area contributed by atoms with E-state index in [4.69, 9.17) is 10.5 Å². The second-order valence-corrected chi connectivity index (χ2v) is 5.85. The van der Waals surface area contributed by atoms with Gasteiger partial charge in [-0.05, 0) is 48.1 Å². The van der Waals surface area contributed by atoms with Crippen LogP contribution in [0.3, 0.4) is 0 Å². The van der Waals surface area contributed by atoms with Gasteiger partial charge < -0.3 is 15.4 Å². The van der Waals surface area contributed by atoms with E-state index in [1.807, 2.05) is 10.3 Å². The van der Waals surface area contributed by atoms with Crippen LogP contribution in [0.25, 0.3) is 0 Å². The van der Waals surface area contributed by atoms with Crippen LogP contribution >= 0.6 is 11.3 Å². The monoisotopic (exact) mass is 282 g/mol. The number of methoxy groups -OCH3 is 1. The summed E-state index contributed by atoms with van der Waals surface area (Å²) in [5.41, 5.74) is 7.21. The van der Waals surface area contributed by atoms with Crippen molar-refractivity contribution < 1.29 is 9.53 Å². The Balaban J connectivity index is 1.89. The fourth-order valence-electron chi connectivity index (χ4n) is 2.14. The summed E-state index contributed by atoms with van der Waals surface area (Å²) >= 11 is 1.66. The van der Waals surface area contributed by atoms with Crippen LogP contribution in [0.2, 0.25) is 0 Å². The van der Waals surface area contributed by atoms with Crippen molar-refractivity contribution in [2.45, 2.75) is 44.3 Å². The van der Waals surface area contributed by atoms with Gasteiger partial charge in [-0.15, -0.1) is 0 Å². The maximum atomic E-state index is 12.4. The predicted molar refractivity (Wildman–Crippen MR) is 77.0 cm³/mol. The van der Waals surface area contributed by atoms with E-state index in [2.05, 4.69) is 11.4 Å². The van der Waals surface area contributed by atoms with Gasteiger partial charge in [0.05, 0.1) is 6.04 Å². The van der Waals surface area contributed by atoms with Gasteiger partial charge in [-0.3, -0.25) is 4.79 Å². The van der Waals surface area contributed by atoms with E-state index in [0.717, 1.165) is 19.3 Å². The molecule has 1 fully saturated rings. The minimum atomic E-state index is -0.394. The first-order valence-corrected chi connectivity index (χ1v) is 7.72. The molecule has 2 rings (SSSR count). The van der Waals surface area contributed by atoms with Crippen molar-refractivity contribution >= 4 is 17.2 Å². The number of hydrogen-bond donors (Lipinski definition) is 1. The third-order valence-corrected chi connectivity index (χ3v) is 4.12. The molecular weight excluding hydrogens is 260 g/mol. The highest BCUT2D eigenvalue weighted by Gasteiger charge is 2.34. The number of rotatable bonds is 8. The lowest BCUT2D eigenvalue weighted by Crippen LogP contribution is -2.44. The summed E-state index contributed by atoms with van der Waals surface area (Å²) in [7, 11) is 1.67. The molecule has 1 saturated carbocycles. The van der Waals surface area contributed by atoms with Crippen molar-refractivity contribution in [2.75, 3.05) is 13.7 Å². The first-order valence-electron chi connectivity index (χ1n) is 6.78. The summed E-state index contributed by atoms with van der Waals surface area (Å²) < 4.78 is 5.00. The molecule has 5 heteroatoms. The van der Waals surface area contributed by atoms with Crippen molar-refractivity contribution in [3.8, 4) is 0 Å². The fourth-order valence-corrected chi connectivity index (χ4v) is 2.80. The topological polar surface area (TPSA) is 55.6 Å². The van der Waals surface area contributed by atoms with E-state index in [9.17, 15) is 4.79 Å². The first-order chi connectivity index (χ1) is 9.22. The number of amides is 1. The van der Waals surface area contributed by atoms with Crippen LogP contribution < -0.4 is 5.73 Å². The number of nitrogens with two attached hydrogens (primary N) is 1. The Bertz CT molecular complexity index is 390. The molecule has 1 amide bonds. The zero-order chi connectivity index (χ0) is 13.7. The average molecular weight is 282 g/mol. The quantitative estimate of drug-likeness (QED) is 0.742. The molecule has 0 bridgehead atoms. The van der Waals surface area contributed by atoms with Crippen LogP contribution in [-0.2, 0) is 16.1 Å². The van der Waals surface area contributed by atoms with Gasteiger partial charge in [0.1, 0.15) is 0 Å². The van der Waals surface area contributed by atoms with E-state index < -0.39 is 6.04 Å². The summed E-state index contributed by atoms with van der Waals surface area (Å²) in [4.78, 5) is 14.4. The number of carbonyl (C=O) groups is 1. The molecule has 106 valence electrons. The largest absolute Gasteiger partial charge is 0.385 e. The Hall–Kier alpha value is -0.910. The lowest BCUT2D eigenvalue weighted by molar-refractivity contribution is -0.134. The Morgan fingerprint density at radius 2 is 2.42 bits per heavy atom. The highest BCUT2D eigenvalue weighted by molar-refractivity contribution is 7.07. The zero-order valence-electron chi connectivity index (χ0n) is 11.4. The van der Waals surface area contributed by atoms with Crippen LogP contribution in [0.5, 0.6) is 0 Å². The third kappa shape index (κ3) is 4.30. The Morgan fingerprint density at radius 3 is 3.00 bits per heavy atom. The summed E-state index contributed by atoms with van der Waals surface area (Å²) in [5, 5.41) is 4.14. The molecule has 0 spiro atoms. The standard InChI is InChI=1S/C14H22N2O2S/c1-18-7-2-3-13(15)14(17)16(12-4-5-12)9-11-6-8-19-10-11/h6,8,10,12-13H,2-5,7,9,15H2,1H3. The Morgan fingerprint density at radius 1 is 1.63 bits per heavy atom. The van der Waals surface area contributed by atoms with Crippen molar-refractivity contribution in [1.82, 2.24) is 4.90 Å². The molecule has 1 unspecified atom stereocenters. The highest BCUT2D eigenvalue weighted by atomic mass is 32.1. The number of thiophene rings is 1. The second kappa shape index (κ2) is 7.03. The van der Waals surface area contributed by atoms with Crippen LogP contribution in [0.15, 0.2) is 16.8 Å². The molecular formula is C14H22N2O2S. The number of nitrogens with zero attached hydrogens (tertiary/aromatic N) is 1. The number of hydrogen-bond acceptors (Lipinski definition) is 4. The maximum Gasteiger partial charge on any atom is 0.240 e. The summed E-state index contributed by atoms with van der Waals surface area (Å²) in [6, 6.07) is 2.08. The fraction of sp³-hybridized carbons (Fsp3) is 0.643. The van der Waals surface area contributed by atoms with Crippen LogP contribution in [0.1, 0.15) is 31.2 Å². The SMILES string of the molecule is COCCCC(N)C(=O)N(Cc1ccsc1)C1CC1. The number of ether oxygens (including phenoxy) is 1. The highest BCUT2D eigenvalue weighted by Crippen LogP contribution is 2.29. The van der Waals surface area contributed by atoms with Crippen LogP contribution in [0.4, 0.5) is 0 Å². The molecule has 1 aliphatic rings. The van der Waals surface area contributed by atoms with E-state index in [1.54, 1.807) is 18.4 Å². The Kier molecular flexibility index (Phi) is 5.36. The van der Waals surface area contributed by atoms with Gasteiger partial charge in [0, 0.05) is 26.3 Å². The molecule has 19 heavy (non-hydrogen) atoms. The summed E-state index contributed by atoms with van der Waals surface area (Å²) in [6.07, 6.45) is 3.75. The lowest BCUT2D eigenvalue weighted by Gasteiger charge is -2.25. The first kappa shape index (κ1) is 14.5. The molecule has 1 aromatic heterocycles. The molecule has 4 nitrogen and oxygen atoms in total. The molecule has 0 radical (unpaired) electrons. The van der Waals surface area contributed by atoms with E-state index in [1.165, 1.54) is 5.56 Å². The minimum Gasteiger partial charge on any atom is -0.385 e. The molecule has 1 atom stereocenters. The van der Waals surface area contributed by atoms with Gasteiger partial charge >= 0.3 is 0 Å². The van der Waals surface area contributed by atoms with Gasteiger partial charge in [-0.1, -0.05) is 0 Å². The average Bonchev–Trinajstić information content (AvgIpc) is 3.12. The third-order valence-electron chi connectivity index (χ3n) is 3.38. The van der Waals surface area contributed by atoms with Gasteiger partial charge in [0.2, 0.25) is 5.91 Å². The predicted octanol–water partition coefficient (Wildman–Crippen LogP) is 1.99. The molecule has 1 aromatic rings. The smallest absolute Gasteiger partial charge is 0.240 e. The minimum absolute atomic E-state index is 0.0878. The molecule has 0 aromatic carbocycles. The summed E-state index contributed by atoms with van der Waals surface area (Å²) in [5.74, 6) is 0.0878. The normalized spacial score (nSPS) is 16.3. The second-order valence-electron chi connectivity index (χ2n) is 5.07. The van der Waals surface area contributed by atoms with Crippen LogP contribution in [0, 0.1) is 0 Å². The van der Waals surface area contributed by atoms with Gasteiger partial charge in [0.25, 0.3) is 0 Å². The van der Waals surface area contributed by atoms with E-state index >= 15 is 0 Å². The van der Waals surface area contributed by atoms with Crippen molar-refractivity contribution in [3.05, 3.63) is 22.4 Å². The summed E-state index contributed by atoms with van der Waals surface area (Å²) in [6.45, 7) is 1.36. The zero-order valence-corrected chi connectivity index (χ0v) is 12.2. The van der Waals surface area contributed by atoms with Gasteiger partial charge in [-0.2, -0.15) is 11.3 Å².